The Labute approximate surface area is 129 Å². The van der Waals surface area contributed by atoms with E-state index < -0.39 is 0 Å². The zero-order valence-electron chi connectivity index (χ0n) is 12.8. The van der Waals surface area contributed by atoms with Gasteiger partial charge in [-0.2, -0.15) is 0 Å². The van der Waals surface area contributed by atoms with Gasteiger partial charge in [0.1, 0.15) is 0 Å². The molecule has 0 heterocycles. The fourth-order valence-electron chi connectivity index (χ4n) is 2.61. The molecule has 116 valence electrons. The molecule has 0 aliphatic rings. The summed E-state index contributed by atoms with van der Waals surface area (Å²) in [5.74, 6) is 0. The Morgan fingerprint density at radius 3 is 2.73 bits per heavy atom. The molecule has 1 N–H and O–H groups in total. The second kappa shape index (κ2) is 7.56. The monoisotopic (exact) mass is 300 g/mol. The minimum absolute atomic E-state index is 0.585. The molecule has 0 aliphatic heterocycles. The first-order chi connectivity index (χ1) is 10.7. The minimum atomic E-state index is 0.585. The Morgan fingerprint density at radius 2 is 2.05 bits per heavy atom. The first-order valence-electron chi connectivity index (χ1n) is 7.16. The maximum atomic E-state index is 11.5. The highest BCUT2D eigenvalue weighted by Crippen LogP contribution is 2.34. The van der Waals surface area contributed by atoms with Gasteiger partial charge in [-0.25, -0.2) is 0 Å². The quantitative estimate of drug-likeness (QED) is 0.602. The third-order valence-electron chi connectivity index (χ3n) is 3.63. The SMILES string of the molecule is COCCCN(C=O)c1ccc(NC=O)c2cccc(C)c12. The van der Waals surface area contributed by atoms with Gasteiger partial charge in [-0.3, -0.25) is 9.59 Å². The molecule has 5 nitrogen and oxygen atoms in total. The molecule has 0 unspecified atom stereocenters. The van der Waals surface area contributed by atoms with Gasteiger partial charge in [0.05, 0.1) is 5.69 Å². The van der Waals surface area contributed by atoms with Gasteiger partial charge in [0.25, 0.3) is 0 Å². The number of rotatable bonds is 8. The standard InChI is InChI=1S/C17H20N2O3/c1-13-5-3-6-14-15(18-11-20)7-8-16(17(13)14)19(12-21)9-4-10-22-2/h3,5-8,11-12H,4,9-10H2,1-2H3,(H,18,20). The molecule has 2 aromatic rings. The van der Waals surface area contributed by atoms with Crippen LogP contribution in [-0.2, 0) is 14.3 Å². The Bertz CT molecular complexity index is 670. The second-order valence-electron chi connectivity index (χ2n) is 5.04. The summed E-state index contributed by atoms with van der Waals surface area (Å²) in [7, 11) is 1.64. The summed E-state index contributed by atoms with van der Waals surface area (Å²) in [6.45, 7) is 3.18. The van der Waals surface area contributed by atoms with Gasteiger partial charge in [0.2, 0.25) is 12.8 Å². The van der Waals surface area contributed by atoms with Crippen molar-refractivity contribution in [1.82, 2.24) is 0 Å². The Kier molecular flexibility index (Phi) is 5.49. The van der Waals surface area contributed by atoms with Gasteiger partial charge in [-0.15, -0.1) is 0 Å². The highest BCUT2D eigenvalue weighted by atomic mass is 16.5. The molecule has 2 amide bonds. The summed E-state index contributed by atoms with van der Waals surface area (Å²) in [5, 5.41) is 4.60. The van der Waals surface area contributed by atoms with E-state index in [-0.39, 0.29) is 0 Å². The molecule has 0 saturated carbocycles. The maximum Gasteiger partial charge on any atom is 0.214 e. The summed E-state index contributed by atoms with van der Waals surface area (Å²) in [5.41, 5.74) is 2.64. The van der Waals surface area contributed by atoms with Gasteiger partial charge in [0, 0.05) is 36.7 Å². The molecule has 0 bridgehead atoms. The number of nitrogens with zero attached hydrogens (tertiary/aromatic N) is 1. The average Bonchev–Trinajstić information content (AvgIpc) is 2.53. The number of ether oxygens (including phenoxy) is 1. The first kappa shape index (κ1) is 16.0. The number of fused-ring (bicyclic) bond motifs is 1. The topological polar surface area (TPSA) is 58.6 Å². The molecule has 0 aliphatic carbocycles. The van der Waals surface area contributed by atoms with Crippen molar-refractivity contribution in [3.8, 4) is 0 Å². The molecule has 0 spiro atoms. The number of anilines is 2. The highest BCUT2D eigenvalue weighted by molar-refractivity contribution is 6.07. The molecule has 2 aromatic carbocycles. The first-order valence-corrected chi connectivity index (χ1v) is 7.16. The zero-order chi connectivity index (χ0) is 15.9. The van der Waals surface area contributed by atoms with E-state index in [2.05, 4.69) is 5.32 Å². The van der Waals surface area contributed by atoms with Crippen LogP contribution in [0.1, 0.15) is 12.0 Å². The minimum Gasteiger partial charge on any atom is -0.385 e. The number of carbonyl (C=O) groups is 2. The van der Waals surface area contributed by atoms with Crippen LogP contribution < -0.4 is 10.2 Å². The second-order valence-corrected chi connectivity index (χ2v) is 5.04. The Balaban J connectivity index is 2.51. The van der Waals surface area contributed by atoms with Crippen LogP contribution in [0.2, 0.25) is 0 Å². The van der Waals surface area contributed by atoms with E-state index in [0.717, 1.165) is 40.5 Å². The van der Waals surface area contributed by atoms with Crippen molar-refractivity contribution < 1.29 is 14.3 Å². The number of hydrogen-bond donors (Lipinski definition) is 1. The van der Waals surface area contributed by atoms with Crippen LogP contribution in [0.3, 0.4) is 0 Å². The maximum absolute atomic E-state index is 11.5. The van der Waals surface area contributed by atoms with E-state index in [1.807, 2.05) is 37.3 Å². The Morgan fingerprint density at radius 1 is 1.23 bits per heavy atom. The summed E-state index contributed by atoms with van der Waals surface area (Å²) in [4.78, 5) is 23.9. The lowest BCUT2D eigenvalue weighted by molar-refractivity contribution is -0.107. The van der Waals surface area contributed by atoms with Gasteiger partial charge in [-0.1, -0.05) is 18.2 Å². The molecule has 0 aromatic heterocycles. The number of aryl methyl sites for hydroxylation is 1. The van der Waals surface area contributed by atoms with E-state index in [9.17, 15) is 9.59 Å². The lowest BCUT2D eigenvalue weighted by atomic mass is 10.0. The number of nitrogens with one attached hydrogen (secondary N) is 1. The molecule has 22 heavy (non-hydrogen) atoms. The molecule has 0 radical (unpaired) electrons. The predicted molar refractivity (Wildman–Crippen MR) is 88.3 cm³/mol. The van der Waals surface area contributed by atoms with E-state index in [1.54, 1.807) is 12.0 Å². The fraction of sp³-hybridized carbons (Fsp3) is 0.294. The van der Waals surface area contributed by atoms with Crippen molar-refractivity contribution in [3.05, 3.63) is 35.9 Å². The molecule has 5 heteroatoms. The molecule has 0 atom stereocenters. The Hall–Kier alpha value is -2.40. The van der Waals surface area contributed by atoms with E-state index in [1.165, 1.54) is 0 Å². The van der Waals surface area contributed by atoms with Gasteiger partial charge < -0.3 is 15.0 Å². The van der Waals surface area contributed by atoms with Crippen LogP contribution in [0.4, 0.5) is 11.4 Å². The lowest BCUT2D eigenvalue weighted by Crippen LogP contribution is -2.23. The summed E-state index contributed by atoms with van der Waals surface area (Å²) in [6, 6.07) is 9.55. The average molecular weight is 300 g/mol. The summed E-state index contributed by atoms with van der Waals surface area (Å²) < 4.78 is 5.04. The van der Waals surface area contributed by atoms with Gasteiger partial charge >= 0.3 is 0 Å². The smallest absolute Gasteiger partial charge is 0.214 e. The van der Waals surface area contributed by atoms with Crippen LogP contribution in [0.25, 0.3) is 10.8 Å². The van der Waals surface area contributed by atoms with Crippen LogP contribution in [0, 0.1) is 6.92 Å². The molecular weight excluding hydrogens is 280 g/mol. The number of benzene rings is 2. The molecular formula is C17H20N2O3. The summed E-state index contributed by atoms with van der Waals surface area (Å²) in [6.07, 6.45) is 2.26. The lowest BCUT2D eigenvalue weighted by Gasteiger charge is -2.21. The zero-order valence-corrected chi connectivity index (χ0v) is 12.8. The van der Waals surface area contributed by atoms with E-state index in [4.69, 9.17) is 4.74 Å². The van der Waals surface area contributed by atoms with E-state index >= 15 is 0 Å². The van der Waals surface area contributed by atoms with Crippen LogP contribution in [0.15, 0.2) is 30.3 Å². The largest absolute Gasteiger partial charge is 0.385 e. The van der Waals surface area contributed by atoms with Crippen molar-refractivity contribution in [2.75, 3.05) is 30.5 Å². The molecule has 0 fully saturated rings. The third-order valence-corrected chi connectivity index (χ3v) is 3.63. The van der Waals surface area contributed by atoms with Crippen molar-refractivity contribution in [2.24, 2.45) is 0 Å². The number of amides is 2. The number of hydrogen-bond acceptors (Lipinski definition) is 3. The van der Waals surface area contributed by atoms with Gasteiger partial charge in [0.15, 0.2) is 0 Å². The van der Waals surface area contributed by atoms with Crippen LogP contribution >= 0.6 is 0 Å². The van der Waals surface area contributed by atoms with Crippen molar-refractivity contribution in [3.63, 3.8) is 0 Å². The van der Waals surface area contributed by atoms with E-state index in [0.29, 0.717) is 19.6 Å². The number of methoxy groups -OCH3 is 1. The predicted octanol–water partition coefficient (Wildman–Crippen LogP) is 2.72. The van der Waals surface area contributed by atoms with Crippen LogP contribution in [0.5, 0.6) is 0 Å². The normalized spacial score (nSPS) is 10.5. The number of carbonyl (C=O) groups excluding carboxylic acids is 2. The van der Waals surface area contributed by atoms with Crippen LogP contribution in [-0.4, -0.2) is 33.1 Å². The van der Waals surface area contributed by atoms with Gasteiger partial charge in [-0.05, 0) is 31.0 Å². The van der Waals surface area contributed by atoms with Crippen molar-refractivity contribution in [2.45, 2.75) is 13.3 Å². The highest BCUT2D eigenvalue weighted by Gasteiger charge is 2.13. The fourth-order valence-corrected chi connectivity index (χ4v) is 2.61. The van der Waals surface area contributed by atoms with Crippen molar-refractivity contribution >= 4 is 35.0 Å². The van der Waals surface area contributed by atoms with Crippen molar-refractivity contribution in [1.29, 1.82) is 0 Å². The molecule has 2 rings (SSSR count). The summed E-state index contributed by atoms with van der Waals surface area (Å²) >= 11 is 0. The third kappa shape index (κ3) is 3.26. The molecule has 0 saturated heterocycles.